The Morgan fingerprint density at radius 3 is 2.43 bits per heavy atom. The number of carbonyl (C=O) groups is 2. The second-order valence-electron chi connectivity index (χ2n) is 6.59. The molecule has 0 unspecified atom stereocenters. The molecule has 0 saturated heterocycles. The normalized spacial score (nSPS) is 25.7. The molecule has 1 aliphatic carbocycles. The van der Waals surface area contributed by atoms with Crippen molar-refractivity contribution in [2.45, 2.75) is 52.0 Å². The monoisotopic (exact) mass is 297 g/mol. The van der Waals surface area contributed by atoms with Gasteiger partial charge in [-0.1, -0.05) is 26.7 Å². The van der Waals surface area contributed by atoms with Crippen LogP contribution in [0.15, 0.2) is 0 Å². The van der Waals surface area contributed by atoms with Gasteiger partial charge in [-0.05, 0) is 32.4 Å². The van der Waals surface area contributed by atoms with Gasteiger partial charge in [0.1, 0.15) is 0 Å². The first-order valence-corrected chi connectivity index (χ1v) is 8.11. The van der Waals surface area contributed by atoms with Gasteiger partial charge in [0.25, 0.3) is 0 Å². The Hall–Kier alpha value is -1.10. The Kier molecular flexibility index (Phi) is 7.72. The van der Waals surface area contributed by atoms with E-state index >= 15 is 0 Å². The van der Waals surface area contributed by atoms with Gasteiger partial charge >= 0.3 is 0 Å². The minimum atomic E-state index is -0.0444. The Bertz CT molecular complexity index is 344. The molecule has 1 fully saturated rings. The highest BCUT2D eigenvalue weighted by Gasteiger charge is 2.27. The van der Waals surface area contributed by atoms with Crippen molar-refractivity contribution in [3.63, 3.8) is 0 Å². The fourth-order valence-corrected chi connectivity index (χ4v) is 2.80. The third kappa shape index (κ3) is 6.93. The number of hydrogen-bond donors (Lipinski definition) is 2. The van der Waals surface area contributed by atoms with E-state index < -0.39 is 0 Å². The molecule has 0 aromatic rings. The maximum absolute atomic E-state index is 12.0. The quantitative estimate of drug-likeness (QED) is 0.746. The average Bonchev–Trinajstić information content (AvgIpc) is 2.41. The zero-order valence-electron chi connectivity index (χ0n) is 13.9. The minimum absolute atomic E-state index is 0.00343. The van der Waals surface area contributed by atoms with Crippen LogP contribution in [0.2, 0.25) is 0 Å². The molecule has 0 spiro atoms. The Morgan fingerprint density at radius 1 is 1.10 bits per heavy atom. The second-order valence-corrected chi connectivity index (χ2v) is 6.59. The second kappa shape index (κ2) is 9.03. The fraction of sp³-hybridized carbons (Fsp3) is 0.875. The number of hydrogen-bond acceptors (Lipinski definition) is 3. The highest BCUT2D eigenvalue weighted by molar-refractivity contribution is 5.83. The molecular weight excluding hydrogens is 266 g/mol. The zero-order chi connectivity index (χ0) is 15.8. The van der Waals surface area contributed by atoms with Crippen LogP contribution in [0.4, 0.5) is 0 Å². The maximum atomic E-state index is 12.0. The molecule has 5 nitrogen and oxygen atoms in total. The van der Waals surface area contributed by atoms with Crippen molar-refractivity contribution in [3.05, 3.63) is 0 Å². The van der Waals surface area contributed by atoms with Crippen molar-refractivity contribution in [2.75, 3.05) is 27.2 Å². The van der Waals surface area contributed by atoms with Crippen LogP contribution in [-0.2, 0) is 9.59 Å². The molecule has 1 rings (SSSR count). The van der Waals surface area contributed by atoms with E-state index in [1.165, 1.54) is 12.8 Å². The Balaban J connectivity index is 2.20. The molecule has 0 aromatic carbocycles. The van der Waals surface area contributed by atoms with Gasteiger partial charge in [0.15, 0.2) is 0 Å². The van der Waals surface area contributed by atoms with Crippen molar-refractivity contribution < 1.29 is 9.59 Å². The summed E-state index contributed by atoms with van der Waals surface area (Å²) in [4.78, 5) is 25.6. The molecule has 0 heterocycles. The highest BCUT2D eigenvalue weighted by atomic mass is 16.2. The summed E-state index contributed by atoms with van der Waals surface area (Å²) in [5.41, 5.74) is 0. The predicted octanol–water partition coefficient (Wildman–Crippen LogP) is 1.39. The molecule has 1 saturated carbocycles. The summed E-state index contributed by atoms with van der Waals surface area (Å²) >= 11 is 0. The van der Waals surface area contributed by atoms with Gasteiger partial charge in [-0.2, -0.15) is 0 Å². The summed E-state index contributed by atoms with van der Waals surface area (Å²) in [5, 5.41) is 5.93. The topological polar surface area (TPSA) is 61.4 Å². The van der Waals surface area contributed by atoms with Crippen LogP contribution in [0, 0.1) is 11.8 Å². The van der Waals surface area contributed by atoms with Crippen LogP contribution < -0.4 is 10.6 Å². The number of nitrogens with one attached hydrogen (secondary N) is 2. The first-order chi connectivity index (χ1) is 9.90. The predicted molar refractivity (Wildman–Crippen MR) is 84.9 cm³/mol. The SMILES string of the molecule is C[C@@H]1[C@H](C)CCC[C@H]1NC(=O)CCC(=O)NCCN(C)C. The van der Waals surface area contributed by atoms with Gasteiger partial charge in [-0.25, -0.2) is 0 Å². The Labute approximate surface area is 128 Å². The molecule has 0 aromatic heterocycles. The van der Waals surface area contributed by atoms with Gasteiger partial charge in [0.2, 0.25) is 11.8 Å². The van der Waals surface area contributed by atoms with E-state index in [1.807, 2.05) is 19.0 Å². The summed E-state index contributed by atoms with van der Waals surface area (Å²) in [6.45, 7) is 5.91. The summed E-state index contributed by atoms with van der Waals surface area (Å²) in [7, 11) is 3.93. The van der Waals surface area contributed by atoms with E-state index in [4.69, 9.17) is 0 Å². The largest absolute Gasteiger partial charge is 0.355 e. The third-order valence-corrected chi connectivity index (χ3v) is 4.51. The molecule has 2 amide bonds. The van der Waals surface area contributed by atoms with Crippen LogP contribution in [0.3, 0.4) is 0 Å². The van der Waals surface area contributed by atoms with E-state index in [-0.39, 0.29) is 30.7 Å². The lowest BCUT2D eigenvalue weighted by molar-refractivity contribution is -0.127. The summed E-state index contributed by atoms with van der Waals surface area (Å²) in [5.74, 6) is 1.15. The number of carbonyl (C=O) groups excluding carboxylic acids is 2. The first kappa shape index (κ1) is 18.0. The van der Waals surface area contributed by atoms with Crippen molar-refractivity contribution in [2.24, 2.45) is 11.8 Å². The van der Waals surface area contributed by atoms with Crippen LogP contribution in [0.1, 0.15) is 46.0 Å². The molecule has 5 heteroatoms. The third-order valence-electron chi connectivity index (χ3n) is 4.51. The van der Waals surface area contributed by atoms with Crippen molar-refractivity contribution in [3.8, 4) is 0 Å². The van der Waals surface area contributed by atoms with Crippen LogP contribution in [0.5, 0.6) is 0 Å². The van der Waals surface area contributed by atoms with E-state index in [0.717, 1.165) is 13.0 Å². The first-order valence-electron chi connectivity index (χ1n) is 8.11. The standard InChI is InChI=1S/C16H31N3O2/c1-12-6-5-7-14(13(12)2)18-16(21)9-8-15(20)17-10-11-19(3)4/h12-14H,5-11H2,1-4H3,(H,17,20)(H,18,21)/t12-,13-,14-/m1/s1. The molecule has 21 heavy (non-hydrogen) atoms. The molecule has 1 aliphatic rings. The van der Waals surface area contributed by atoms with E-state index in [2.05, 4.69) is 24.5 Å². The molecular formula is C16H31N3O2. The van der Waals surface area contributed by atoms with Crippen molar-refractivity contribution in [1.82, 2.24) is 15.5 Å². The molecule has 0 aliphatic heterocycles. The van der Waals surface area contributed by atoms with E-state index in [9.17, 15) is 9.59 Å². The van der Waals surface area contributed by atoms with Gasteiger partial charge < -0.3 is 15.5 Å². The number of rotatable bonds is 7. The molecule has 2 N–H and O–H groups in total. The summed E-state index contributed by atoms with van der Waals surface area (Å²) in [6.07, 6.45) is 4.05. The molecule has 0 bridgehead atoms. The average molecular weight is 297 g/mol. The number of amides is 2. The lowest BCUT2D eigenvalue weighted by atomic mass is 9.78. The Morgan fingerprint density at radius 2 is 1.76 bits per heavy atom. The van der Waals surface area contributed by atoms with Crippen LogP contribution in [-0.4, -0.2) is 49.9 Å². The van der Waals surface area contributed by atoms with Gasteiger partial charge in [-0.15, -0.1) is 0 Å². The van der Waals surface area contributed by atoms with Gasteiger partial charge in [0, 0.05) is 32.0 Å². The summed E-state index contributed by atoms with van der Waals surface area (Å²) in [6, 6.07) is 0.276. The maximum Gasteiger partial charge on any atom is 0.220 e. The van der Waals surface area contributed by atoms with Crippen molar-refractivity contribution >= 4 is 11.8 Å². The smallest absolute Gasteiger partial charge is 0.220 e. The van der Waals surface area contributed by atoms with E-state index in [0.29, 0.717) is 18.4 Å². The lowest BCUT2D eigenvalue weighted by Gasteiger charge is -2.34. The fourth-order valence-electron chi connectivity index (χ4n) is 2.80. The van der Waals surface area contributed by atoms with Gasteiger partial charge in [0.05, 0.1) is 0 Å². The van der Waals surface area contributed by atoms with Crippen molar-refractivity contribution in [1.29, 1.82) is 0 Å². The molecule has 0 radical (unpaired) electrons. The van der Waals surface area contributed by atoms with Crippen LogP contribution >= 0.6 is 0 Å². The zero-order valence-corrected chi connectivity index (χ0v) is 13.9. The minimum Gasteiger partial charge on any atom is -0.355 e. The number of likely N-dealkylation sites (N-methyl/N-ethyl adjacent to an activating group) is 1. The summed E-state index contributed by atoms with van der Waals surface area (Å²) < 4.78 is 0. The molecule has 122 valence electrons. The lowest BCUT2D eigenvalue weighted by Crippen LogP contribution is -2.44. The van der Waals surface area contributed by atoms with E-state index in [1.54, 1.807) is 0 Å². The highest BCUT2D eigenvalue weighted by Crippen LogP contribution is 2.29. The van der Waals surface area contributed by atoms with Gasteiger partial charge in [-0.3, -0.25) is 9.59 Å². The van der Waals surface area contributed by atoms with Crippen LogP contribution in [0.25, 0.3) is 0 Å². The number of nitrogens with zero attached hydrogens (tertiary/aromatic N) is 1. The molecule has 3 atom stereocenters.